The van der Waals surface area contributed by atoms with Crippen molar-refractivity contribution in [3.63, 3.8) is 0 Å². The standard InChI is InChI=1S/C9H13F2NO/c1-3-7-5-9(10,11)6-12(7)8(13)4-2/h4,7H,2-3,5-6H2,1H3/t7-/m1/s1. The largest absolute Gasteiger partial charge is 0.330 e. The fourth-order valence-electron chi connectivity index (χ4n) is 1.64. The number of amides is 1. The SMILES string of the molecule is C=CC(=O)N1CC(F)(F)C[C@H]1CC. The second-order valence-electron chi connectivity index (χ2n) is 3.29. The third-order valence-electron chi connectivity index (χ3n) is 2.31. The van der Waals surface area contributed by atoms with E-state index in [1.54, 1.807) is 6.92 Å². The summed E-state index contributed by atoms with van der Waals surface area (Å²) in [7, 11) is 0. The van der Waals surface area contributed by atoms with Gasteiger partial charge in [-0.15, -0.1) is 0 Å². The smallest absolute Gasteiger partial charge is 0.267 e. The summed E-state index contributed by atoms with van der Waals surface area (Å²) in [4.78, 5) is 12.3. The van der Waals surface area contributed by atoms with Crippen molar-refractivity contribution in [3.05, 3.63) is 12.7 Å². The fraction of sp³-hybridized carbons (Fsp3) is 0.667. The number of halogens is 2. The van der Waals surface area contributed by atoms with Gasteiger partial charge in [-0.25, -0.2) is 8.78 Å². The summed E-state index contributed by atoms with van der Waals surface area (Å²) in [5.41, 5.74) is 0. The van der Waals surface area contributed by atoms with Crippen molar-refractivity contribution in [2.24, 2.45) is 0 Å². The zero-order chi connectivity index (χ0) is 10.1. The zero-order valence-corrected chi connectivity index (χ0v) is 7.59. The molecule has 1 atom stereocenters. The van der Waals surface area contributed by atoms with Crippen LogP contribution in [0.2, 0.25) is 0 Å². The van der Waals surface area contributed by atoms with Crippen LogP contribution in [-0.4, -0.2) is 29.3 Å². The highest BCUT2D eigenvalue weighted by Gasteiger charge is 2.45. The van der Waals surface area contributed by atoms with Crippen LogP contribution in [-0.2, 0) is 4.79 Å². The van der Waals surface area contributed by atoms with Gasteiger partial charge in [0.15, 0.2) is 0 Å². The Morgan fingerprint density at radius 2 is 2.38 bits per heavy atom. The van der Waals surface area contributed by atoms with E-state index in [1.807, 2.05) is 0 Å². The third kappa shape index (κ3) is 2.05. The molecule has 1 fully saturated rings. The molecule has 1 heterocycles. The van der Waals surface area contributed by atoms with Gasteiger partial charge in [0.25, 0.3) is 5.92 Å². The number of nitrogens with zero attached hydrogens (tertiary/aromatic N) is 1. The van der Waals surface area contributed by atoms with Gasteiger partial charge in [-0.05, 0) is 12.5 Å². The van der Waals surface area contributed by atoms with Crippen molar-refractivity contribution in [1.82, 2.24) is 4.90 Å². The molecule has 1 aliphatic rings. The van der Waals surface area contributed by atoms with Crippen LogP contribution in [0.5, 0.6) is 0 Å². The molecule has 4 heteroatoms. The van der Waals surface area contributed by atoms with Crippen LogP contribution < -0.4 is 0 Å². The van der Waals surface area contributed by atoms with E-state index in [0.29, 0.717) is 6.42 Å². The number of alkyl halides is 2. The number of carbonyl (C=O) groups excluding carboxylic acids is 1. The summed E-state index contributed by atoms with van der Waals surface area (Å²) in [5.74, 6) is -3.12. The first-order valence-corrected chi connectivity index (χ1v) is 4.31. The van der Waals surface area contributed by atoms with Gasteiger partial charge in [-0.3, -0.25) is 4.79 Å². The number of hydrogen-bond acceptors (Lipinski definition) is 1. The summed E-state index contributed by atoms with van der Waals surface area (Å²) in [6.07, 6.45) is 1.43. The molecule has 0 N–H and O–H groups in total. The Labute approximate surface area is 76.2 Å². The first-order chi connectivity index (χ1) is 6.00. The number of likely N-dealkylation sites (tertiary alicyclic amines) is 1. The van der Waals surface area contributed by atoms with Gasteiger partial charge in [-0.2, -0.15) is 0 Å². The molecule has 0 aliphatic carbocycles. The molecule has 0 aromatic carbocycles. The predicted molar refractivity (Wildman–Crippen MR) is 45.6 cm³/mol. The van der Waals surface area contributed by atoms with Gasteiger partial charge in [0.05, 0.1) is 6.54 Å². The minimum Gasteiger partial charge on any atom is -0.330 e. The second kappa shape index (κ2) is 3.44. The van der Waals surface area contributed by atoms with Gasteiger partial charge in [0.1, 0.15) is 0 Å². The minimum atomic E-state index is -2.72. The van der Waals surface area contributed by atoms with Crippen LogP contribution in [0.1, 0.15) is 19.8 Å². The van der Waals surface area contributed by atoms with Gasteiger partial charge >= 0.3 is 0 Å². The maximum absolute atomic E-state index is 12.9. The van der Waals surface area contributed by atoms with E-state index in [-0.39, 0.29) is 12.5 Å². The first kappa shape index (κ1) is 10.2. The Bertz CT molecular complexity index is 228. The summed E-state index contributed by atoms with van der Waals surface area (Å²) < 4.78 is 25.8. The third-order valence-corrected chi connectivity index (χ3v) is 2.31. The fourth-order valence-corrected chi connectivity index (χ4v) is 1.64. The molecule has 0 aromatic heterocycles. The Hall–Kier alpha value is -0.930. The minimum absolute atomic E-state index is 0.219. The zero-order valence-electron chi connectivity index (χ0n) is 7.59. The first-order valence-electron chi connectivity index (χ1n) is 4.31. The lowest BCUT2D eigenvalue weighted by Crippen LogP contribution is -2.34. The van der Waals surface area contributed by atoms with Gasteiger partial charge < -0.3 is 4.90 Å². The summed E-state index contributed by atoms with van der Waals surface area (Å²) in [6, 6.07) is -0.333. The Morgan fingerprint density at radius 1 is 1.77 bits per heavy atom. The lowest BCUT2D eigenvalue weighted by Gasteiger charge is -2.20. The molecular formula is C9H13F2NO. The van der Waals surface area contributed by atoms with Crippen molar-refractivity contribution in [2.75, 3.05) is 6.54 Å². The topological polar surface area (TPSA) is 20.3 Å². The quantitative estimate of drug-likeness (QED) is 0.607. The monoisotopic (exact) mass is 189 g/mol. The van der Waals surface area contributed by atoms with Crippen molar-refractivity contribution < 1.29 is 13.6 Å². The Kier molecular flexibility index (Phi) is 2.68. The van der Waals surface area contributed by atoms with E-state index in [4.69, 9.17) is 0 Å². The molecule has 0 unspecified atom stereocenters. The number of carbonyl (C=O) groups is 1. The van der Waals surface area contributed by atoms with Crippen LogP contribution in [0.15, 0.2) is 12.7 Å². The molecule has 0 radical (unpaired) electrons. The molecule has 1 saturated heterocycles. The Balaban J connectivity index is 2.74. The molecule has 1 amide bonds. The van der Waals surface area contributed by atoms with Crippen molar-refractivity contribution in [3.8, 4) is 0 Å². The number of rotatable bonds is 2. The molecule has 74 valence electrons. The number of hydrogen-bond donors (Lipinski definition) is 0. The van der Waals surface area contributed by atoms with E-state index in [2.05, 4.69) is 6.58 Å². The predicted octanol–water partition coefficient (Wildman–Crippen LogP) is 1.82. The van der Waals surface area contributed by atoms with Crippen LogP contribution in [0.3, 0.4) is 0 Å². The lowest BCUT2D eigenvalue weighted by molar-refractivity contribution is -0.128. The average molecular weight is 189 g/mol. The van der Waals surface area contributed by atoms with Gasteiger partial charge in [0, 0.05) is 12.5 Å². The van der Waals surface area contributed by atoms with E-state index < -0.39 is 18.4 Å². The highest BCUT2D eigenvalue weighted by Crippen LogP contribution is 2.33. The van der Waals surface area contributed by atoms with Crippen LogP contribution in [0, 0.1) is 0 Å². The molecule has 0 saturated carbocycles. The molecule has 1 aliphatic heterocycles. The summed E-state index contributed by atoms with van der Waals surface area (Å²) >= 11 is 0. The van der Waals surface area contributed by atoms with E-state index in [0.717, 1.165) is 6.08 Å². The Morgan fingerprint density at radius 3 is 2.85 bits per heavy atom. The van der Waals surface area contributed by atoms with Crippen LogP contribution in [0.25, 0.3) is 0 Å². The second-order valence-corrected chi connectivity index (χ2v) is 3.29. The maximum Gasteiger partial charge on any atom is 0.267 e. The van der Waals surface area contributed by atoms with Crippen molar-refractivity contribution >= 4 is 5.91 Å². The molecule has 1 rings (SSSR count). The normalized spacial score (nSPS) is 26.1. The lowest BCUT2D eigenvalue weighted by atomic mass is 10.1. The molecule has 0 aromatic rings. The molecular weight excluding hydrogens is 176 g/mol. The highest BCUT2D eigenvalue weighted by molar-refractivity contribution is 5.87. The van der Waals surface area contributed by atoms with Gasteiger partial charge in [-0.1, -0.05) is 13.5 Å². The summed E-state index contributed by atoms with van der Waals surface area (Å²) in [5, 5.41) is 0. The molecule has 2 nitrogen and oxygen atoms in total. The van der Waals surface area contributed by atoms with Crippen molar-refractivity contribution in [2.45, 2.75) is 31.7 Å². The maximum atomic E-state index is 12.9. The molecule has 0 bridgehead atoms. The van der Waals surface area contributed by atoms with Crippen LogP contribution in [0.4, 0.5) is 8.78 Å². The van der Waals surface area contributed by atoms with Crippen molar-refractivity contribution in [1.29, 1.82) is 0 Å². The summed E-state index contributed by atoms with van der Waals surface area (Å²) in [6.45, 7) is 4.62. The molecule has 0 spiro atoms. The highest BCUT2D eigenvalue weighted by atomic mass is 19.3. The average Bonchev–Trinajstić information content (AvgIpc) is 2.39. The van der Waals surface area contributed by atoms with E-state index in [9.17, 15) is 13.6 Å². The van der Waals surface area contributed by atoms with E-state index >= 15 is 0 Å². The van der Waals surface area contributed by atoms with Crippen LogP contribution >= 0.6 is 0 Å². The van der Waals surface area contributed by atoms with Gasteiger partial charge in [0.2, 0.25) is 5.91 Å². The van der Waals surface area contributed by atoms with E-state index in [1.165, 1.54) is 4.90 Å². The molecule has 13 heavy (non-hydrogen) atoms.